The van der Waals surface area contributed by atoms with Gasteiger partial charge in [-0.2, -0.15) is 0 Å². The lowest BCUT2D eigenvalue weighted by molar-refractivity contribution is -0.141. The first-order chi connectivity index (χ1) is 15.7. The number of unbranched alkanes of at least 4 members (excludes halogenated alkanes) is 1. The molecule has 0 saturated carbocycles. The number of rotatable bonds is 11. The lowest BCUT2D eigenvalue weighted by Gasteiger charge is -2.31. The van der Waals surface area contributed by atoms with Crippen molar-refractivity contribution in [3.8, 4) is 0 Å². The van der Waals surface area contributed by atoms with Crippen LogP contribution in [0.1, 0.15) is 77.0 Å². The summed E-state index contributed by atoms with van der Waals surface area (Å²) in [6, 6.07) is 13.9. The van der Waals surface area contributed by atoms with Crippen molar-refractivity contribution in [3.05, 3.63) is 71.0 Å². The molecule has 1 atom stereocenters. The Balaban J connectivity index is 2.15. The monoisotopic (exact) mass is 454 g/mol. The molecule has 0 spiro atoms. The maximum Gasteiger partial charge on any atom is 0.242 e. The van der Waals surface area contributed by atoms with Crippen LogP contribution in [0.25, 0.3) is 0 Å². The third-order valence-corrected chi connectivity index (χ3v) is 5.93. The lowest BCUT2D eigenvalue weighted by Crippen LogP contribution is -2.49. The number of benzene rings is 2. The molecule has 5 heteroatoms. The highest BCUT2D eigenvalue weighted by Crippen LogP contribution is 2.23. The molecule has 2 amide bonds. The summed E-state index contributed by atoms with van der Waals surface area (Å²) in [6.45, 7) is 11.4. The van der Waals surface area contributed by atoms with Crippen LogP contribution in [0.5, 0.6) is 0 Å². The Bertz CT molecular complexity index is 886. The zero-order valence-corrected chi connectivity index (χ0v) is 20.8. The molecule has 33 heavy (non-hydrogen) atoms. The number of carbonyl (C=O) groups excluding carboxylic acids is 2. The highest BCUT2D eigenvalue weighted by molar-refractivity contribution is 5.87. The molecule has 0 radical (unpaired) electrons. The van der Waals surface area contributed by atoms with Crippen LogP contribution in [-0.4, -0.2) is 29.3 Å². The summed E-state index contributed by atoms with van der Waals surface area (Å²) in [5.41, 5.74) is 3.24. The first-order valence-electron chi connectivity index (χ1n) is 12.1. The van der Waals surface area contributed by atoms with Crippen LogP contribution < -0.4 is 5.32 Å². The molecule has 0 bridgehead atoms. The van der Waals surface area contributed by atoms with E-state index in [1.807, 2.05) is 6.92 Å². The second kappa shape index (κ2) is 12.5. The molecule has 180 valence electrons. The molecule has 0 aliphatic heterocycles. The van der Waals surface area contributed by atoms with Crippen molar-refractivity contribution in [3.63, 3.8) is 0 Å². The van der Waals surface area contributed by atoms with Crippen LogP contribution >= 0.6 is 0 Å². The van der Waals surface area contributed by atoms with Crippen LogP contribution in [0.4, 0.5) is 4.39 Å². The zero-order valence-electron chi connectivity index (χ0n) is 20.8. The van der Waals surface area contributed by atoms with Gasteiger partial charge in [-0.05, 0) is 53.5 Å². The molecule has 0 aliphatic rings. The van der Waals surface area contributed by atoms with Crippen LogP contribution in [0.3, 0.4) is 0 Å². The Labute approximate surface area is 198 Å². The van der Waals surface area contributed by atoms with E-state index >= 15 is 0 Å². The molecule has 4 nitrogen and oxygen atoms in total. The van der Waals surface area contributed by atoms with Gasteiger partial charge in [0.2, 0.25) is 11.8 Å². The topological polar surface area (TPSA) is 49.4 Å². The maximum atomic E-state index is 13.4. The number of nitrogens with zero attached hydrogens (tertiary/aromatic N) is 1. The minimum absolute atomic E-state index is 0.0725. The van der Waals surface area contributed by atoms with Crippen LogP contribution in [0.2, 0.25) is 0 Å². The fourth-order valence-corrected chi connectivity index (χ4v) is 3.78. The Morgan fingerprint density at radius 2 is 1.58 bits per heavy atom. The second-order valence-electron chi connectivity index (χ2n) is 9.66. The summed E-state index contributed by atoms with van der Waals surface area (Å²) in [4.78, 5) is 27.9. The van der Waals surface area contributed by atoms with Gasteiger partial charge in [0.05, 0.1) is 0 Å². The molecule has 2 aromatic rings. The van der Waals surface area contributed by atoms with Crippen LogP contribution in [0.15, 0.2) is 48.5 Å². The smallest absolute Gasteiger partial charge is 0.242 e. The highest BCUT2D eigenvalue weighted by Gasteiger charge is 2.28. The fraction of sp³-hybridized carbons (Fsp3) is 0.500. The van der Waals surface area contributed by atoms with Crippen LogP contribution in [0, 0.1) is 5.82 Å². The Morgan fingerprint density at radius 3 is 2.12 bits per heavy atom. The van der Waals surface area contributed by atoms with Crippen molar-refractivity contribution in [1.82, 2.24) is 10.2 Å². The number of carbonyl (C=O) groups is 2. The molecule has 2 aromatic carbocycles. The van der Waals surface area contributed by atoms with Crippen molar-refractivity contribution in [2.75, 3.05) is 6.54 Å². The molecule has 2 rings (SSSR count). The van der Waals surface area contributed by atoms with E-state index in [0.717, 1.165) is 24.0 Å². The van der Waals surface area contributed by atoms with Crippen molar-refractivity contribution < 1.29 is 14.0 Å². The molecule has 0 fully saturated rings. The summed E-state index contributed by atoms with van der Waals surface area (Å²) in [6.07, 6.45) is 3.33. The fourth-order valence-electron chi connectivity index (χ4n) is 3.78. The SMILES string of the molecule is CCCCNC(=O)[C@@H](CC)N(Cc1ccc(F)cc1)C(=O)CCc1ccc(C(C)(C)C)cc1. The van der Waals surface area contributed by atoms with Gasteiger partial charge in [0.1, 0.15) is 11.9 Å². The number of halogens is 1. The van der Waals surface area contributed by atoms with Crippen LogP contribution in [-0.2, 0) is 28.0 Å². The second-order valence-corrected chi connectivity index (χ2v) is 9.66. The van der Waals surface area contributed by atoms with Crippen molar-refractivity contribution in [1.29, 1.82) is 0 Å². The number of hydrogen-bond acceptors (Lipinski definition) is 2. The first kappa shape index (κ1) is 26.6. The molecule has 0 saturated heterocycles. The number of nitrogens with one attached hydrogen (secondary N) is 1. The third kappa shape index (κ3) is 8.30. The largest absolute Gasteiger partial charge is 0.354 e. The minimum Gasteiger partial charge on any atom is -0.354 e. The normalized spacial score (nSPS) is 12.3. The van der Waals surface area contributed by atoms with E-state index in [9.17, 15) is 14.0 Å². The van der Waals surface area contributed by atoms with Gasteiger partial charge in [-0.15, -0.1) is 0 Å². The van der Waals surface area contributed by atoms with E-state index in [-0.39, 0.29) is 29.6 Å². The number of aryl methyl sites for hydroxylation is 1. The van der Waals surface area contributed by atoms with Crippen molar-refractivity contribution in [2.45, 2.75) is 84.7 Å². The quantitative estimate of drug-likeness (QED) is 0.438. The van der Waals surface area contributed by atoms with E-state index in [2.05, 4.69) is 57.3 Å². The van der Waals surface area contributed by atoms with Gasteiger partial charge in [0.25, 0.3) is 0 Å². The zero-order chi connectivity index (χ0) is 24.4. The first-order valence-corrected chi connectivity index (χ1v) is 12.1. The summed E-state index contributed by atoms with van der Waals surface area (Å²) >= 11 is 0. The van der Waals surface area contributed by atoms with E-state index in [1.165, 1.54) is 17.7 Å². The number of hydrogen-bond donors (Lipinski definition) is 1. The van der Waals surface area contributed by atoms with E-state index < -0.39 is 6.04 Å². The van der Waals surface area contributed by atoms with E-state index in [0.29, 0.717) is 25.8 Å². The Hall–Kier alpha value is -2.69. The van der Waals surface area contributed by atoms with Gasteiger partial charge in [-0.3, -0.25) is 9.59 Å². The predicted molar refractivity (Wildman–Crippen MR) is 132 cm³/mol. The standard InChI is InChI=1S/C28H39FN2O2/c1-6-8-19-30-27(33)25(7-2)31(20-22-11-16-24(29)17-12-22)26(32)18-13-21-9-14-23(15-10-21)28(3,4)5/h9-12,14-17,25H,6-8,13,18-20H2,1-5H3,(H,30,33)/t25-/m1/s1. The van der Waals surface area contributed by atoms with Gasteiger partial charge in [-0.25, -0.2) is 4.39 Å². The van der Waals surface area contributed by atoms with Gasteiger partial charge in [0, 0.05) is 19.5 Å². The van der Waals surface area contributed by atoms with E-state index in [1.54, 1.807) is 17.0 Å². The number of amides is 2. The third-order valence-electron chi connectivity index (χ3n) is 5.93. The van der Waals surface area contributed by atoms with Gasteiger partial charge in [0.15, 0.2) is 0 Å². The summed E-state index contributed by atoms with van der Waals surface area (Å²) in [5.74, 6) is -0.521. The van der Waals surface area contributed by atoms with E-state index in [4.69, 9.17) is 0 Å². The predicted octanol–water partition coefficient (Wildman–Crippen LogP) is 5.78. The van der Waals surface area contributed by atoms with Gasteiger partial charge < -0.3 is 10.2 Å². The molecule has 0 aromatic heterocycles. The highest BCUT2D eigenvalue weighted by atomic mass is 19.1. The maximum absolute atomic E-state index is 13.4. The Morgan fingerprint density at radius 1 is 0.970 bits per heavy atom. The molecule has 0 heterocycles. The van der Waals surface area contributed by atoms with Crippen molar-refractivity contribution in [2.24, 2.45) is 0 Å². The average molecular weight is 455 g/mol. The summed E-state index contributed by atoms with van der Waals surface area (Å²) < 4.78 is 13.4. The summed E-state index contributed by atoms with van der Waals surface area (Å²) in [7, 11) is 0. The average Bonchev–Trinajstić information content (AvgIpc) is 2.78. The molecule has 1 N–H and O–H groups in total. The van der Waals surface area contributed by atoms with Gasteiger partial charge >= 0.3 is 0 Å². The summed E-state index contributed by atoms with van der Waals surface area (Å²) in [5, 5.41) is 2.97. The molecular weight excluding hydrogens is 415 g/mol. The molecule has 0 unspecified atom stereocenters. The van der Waals surface area contributed by atoms with Gasteiger partial charge in [-0.1, -0.05) is 77.4 Å². The lowest BCUT2D eigenvalue weighted by atomic mass is 9.86. The Kier molecular flexibility index (Phi) is 10.1. The molecular formula is C28H39FN2O2. The molecule has 0 aliphatic carbocycles. The van der Waals surface area contributed by atoms with Crippen molar-refractivity contribution >= 4 is 11.8 Å². The minimum atomic E-state index is -0.553.